The van der Waals surface area contributed by atoms with Crippen LogP contribution in [0.5, 0.6) is 5.75 Å². The van der Waals surface area contributed by atoms with Gasteiger partial charge in [0.1, 0.15) is 16.5 Å². The minimum Gasteiger partial charge on any atom is -0.495 e. The van der Waals surface area contributed by atoms with Gasteiger partial charge < -0.3 is 9.84 Å². The van der Waals surface area contributed by atoms with Gasteiger partial charge in [-0.25, -0.2) is 17.6 Å². The monoisotopic (exact) mass is 340 g/mol. The van der Waals surface area contributed by atoms with Crippen LogP contribution in [0.1, 0.15) is 16.1 Å². The Bertz CT molecular complexity index is 850. The summed E-state index contributed by atoms with van der Waals surface area (Å²) >= 11 is 0. The lowest BCUT2D eigenvalue weighted by Crippen LogP contribution is -2.15. The molecule has 2 aromatic rings. The van der Waals surface area contributed by atoms with E-state index >= 15 is 0 Å². The van der Waals surface area contributed by atoms with Crippen molar-refractivity contribution < 1.29 is 27.4 Å². The molecule has 0 radical (unpaired) electrons. The molecule has 0 bridgehead atoms. The van der Waals surface area contributed by atoms with Crippen LogP contribution in [-0.4, -0.2) is 31.6 Å². The number of anilines is 1. The van der Waals surface area contributed by atoms with Crippen LogP contribution >= 0.6 is 0 Å². The maximum atomic E-state index is 13.8. The van der Waals surface area contributed by atoms with E-state index in [4.69, 9.17) is 9.84 Å². The van der Waals surface area contributed by atoms with Gasteiger partial charge in [0.25, 0.3) is 10.0 Å². The van der Waals surface area contributed by atoms with Gasteiger partial charge in [-0.15, -0.1) is 0 Å². The van der Waals surface area contributed by atoms with Crippen molar-refractivity contribution in [3.05, 3.63) is 47.5 Å². The molecule has 0 atom stereocenters. The van der Waals surface area contributed by atoms with Crippen LogP contribution in [0.4, 0.5) is 10.1 Å². The second kappa shape index (κ2) is 6.21. The summed E-state index contributed by atoms with van der Waals surface area (Å²) in [6, 6.07) is 4.52. The number of nitrogens with zero attached hydrogens (tertiary/aromatic N) is 1. The van der Waals surface area contributed by atoms with Crippen LogP contribution in [0.2, 0.25) is 0 Å². The number of carbonyl (C=O) groups is 1. The molecule has 1 aromatic carbocycles. The average Bonchev–Trinajstić information content (AvgIpc) is 2.47. The molecule has 0 spiro atoms. The Labute approximate surface area is 131 Å². The van der Waals surface area contributed by atoms with Crippen LogP contribution in [-0.2, 0) is 10.0 Å². The topological polar surface area (TPSA) is 106 Å². The molecule has 23 heavy (non-hydrogen) atoms. The third-order valence-corrected chi connectivity index (χ3v) is 4.31. The lowest BCUT2D eigenvalue weighted by molar-refractivity contribution is 0.0691. The lowest BCUT2D eigenvalue weighted by atomic mass is 10.2. The second-order valence-electron chi connectivity index (χ2n) is 4.58. The molecule has 0 saturated carbocycles. The maximum absolute atomic E-state index is 13.8. The molecule has 122 valence electrons. The zero-order valence-corrected chi connectivity index (χ0v) is 13.0. The number of pyridine rings is 1. The molecular formula is C14H13FN2O5S. The minimum absolute atomic E-state index is 0.118. The number of halogens is 1. The van der Waals surface area contributed by atoms with Gasteiger partial charge in [-0.2, -0.15) is 0 Å². The molecule has 1 aromatic heterocycles. The van der Waals surface area contributed by atoms with Crippen LogP contribution in [0.25, 0.3) is 0 Å². The highest BCUT2D eigenvalue weighted by atomic mass is 32.2. The number of aryl methyl sites for hydroxylation is 1. The van der Waals surface area contributed by atoms with E-state index in [-0.39, 0.29) is 16.3 Å². The summed E-state index contributed by atoms with van der Waals surface area (Å²) in [5.41, 5.74) is -0.198. The fourth-order valence-electron chi connectivity index (χ4n) is 1.78. The van der Waals surface area contributed by atoms with Crippen LogP contribution in [0.3, 0.4) is 0 Å². The van der Waals surface area contributed by atoms with E-state index in [2.05, 4.69) is 9.71 Å². The highest BCUT2D eigenvalue weighted by Gasteiger charge is 2.21. The molecule has 9 heteroatoms. The molecule has 0 unspecified atom stereocenters. The first-order valence-electron chi connectivity index (χ1n) is 6.31. The summed E-state index contributed by atoms with van der Waals surface area (Å²) in [5, 5.41) is 8.87. The summed E-state index contributed by atoms with van der Waals surface area (Å²) in [6.07, 6.45) is 1.16. The van der Waals surface area contributed by atoms with Gasteiger partial charge in [-0.3, -0.25) is 9.71 Å². The first-order chi connectivity index (χ1) is 10.7. The summed E-state index contributed by atoms with van der Waals surface area (Å²) < 4.78 is 45.4. The first-order valence-corrected chi connectivity index (χ1v) is 7.79. The number of carboxylic acids is 1. The normalized spacial score (nSPS) is 11.1. The molecule has 0 aliphatic heterocycles. The largest absolute Gasteiger partial charge is 0.495 e. The third kappa shape index (κ3) is 3.57. The van der Waals surface area contributed by atoms with Crippen molar-refractivity contribution in [2.75, 3.05) is 11.8 Å². The predicted octanol–water partition coefficient (Wildman–Crippen LogP) is 2.04. The fraction of sp³-hybridized carbons (Fsp3) is 0.143. The van der Waals surface area contributed by atoms with Crippen molar-refractivity contribution in [2.24, 2.45) is 0 Å². The van der Waals surface area contributed by atoms with Gasteiger partial charge in [0.15, 0.2) is 0 Å². The van der Waals surface area contributed by atoms with Crippen molar-refractivity contribution in [1.29, 1.82) is 0 Å². The molecule has 2 rings (SSSR count). The molecule has 0 fully saturated rings. The maximum Gasteiger partial charge on any atom is 0.338 e. The number of aromatic carboxylic acids is 1. The smallest absolute Gasteiger partial charge is 0.338 e. The molecule has 0 saturated heterocycles. The number of hydrogen-bond acceptors (Lipinski definition) is 5. The molecular weight excluding hydrogens is 327 g/mol. The molecule has 0 aliphatic rings. The van der Waals surface area contributed by atoms with Crippen LogP contribution < -0.4 is 9.46 Å². The van der Waals surface area contributed by atoms with Crippen molar-refractivity contribution in [1.82, 2.24) is 4.98 Å². The van der Waals surface area contributed by atoms with E-state index in [1.807, 2.05) is 0 Å². The van der Waals surface area contributed by atoms with Gasteiger partial charge in [0, 0.05) is 18.0 Å². The Hall–Kier alpha value is -2.68. The van der Waals surface area contributed by atoms with E-state index in [9.17, 15) is 17.6 Å². The van der Waals surface area contributed by atoms with Crippen LogP contribution in [0, 0.1) is 12.7 Å². The Morgan fingerprint density at radius 2 is 2.04 bits per heavy atom. The second-order valence-corrected chi connectivity index (χ2v) is 6.26. The number of ether oxygens (including phenoxy) is 1. The van der Waals surface area contributed by atoms with Gasteiger partial charge in [-0.1, -0.05) is 0 Å². The number of carboxylic acid groups (broad SMARTS) is 1. The van der Waals surface area contributed by atoms with Crippen molar-refractivity contribution >= 4 is 21.7 Å². The van der Waals surface area contributed by atoms with Crippen molar-refractivity contribution in [3.8, 4) is 5.75 Å². The third-order valence-electron chi connectivity index (χ3n) is 2.96. The fourth-order valence-corrected chi connectivity index (χ4v) is 2.79. The van der Waals surface area contributed by atoms with Gasteiger partial charge in [0.2, 0.25) is 0 Å². The molecule has 0 aliphatic carbocycles. The van der Waals surface area contributed by atoms with E-state index in [1.165, 1.54) is 19.2 Å². The Morgan fingerprint density at radius 3 is 2.57 bits per heavy atom. The van der Waals surface area contributed by atoms with Crippen molar-refractivity contribution in [2.45, 2.75) is 11.8 Å². The number of sulfonamides is 1. The lowest BCUT2D eigenvalue weighted by Gasteiger charge is -2.13. The quantitative estimate of drug-likeness (QED) is 0.863. The number of hydrogen-bond donors (Lipinski definition) is 2. The Morgan fingerprint density at radius 1 is 1.35 bits per heavy atom. The SMILES string of the molecule is COc1cc(C(=O)O)c(F)cc1NS(=O)(=O)c1ccc(C)nc1. The highest BCUT2D eigenvalue weighted by Crippen LogP contribution is 2.30. The van der Waals surface area contributed by atoms with E-state index in [1.54, 1.807) is 6.92 Å². The summed E-state index contributed by atoms with van der Waals surface area (Å²) in [7, 11) is -2.81. The Balaban J connectivity index is 2.44. The first kappa shape index (κ1) is 16.7. The highest BCUT2D eigenvalue weighted by molar-refractivity contribution is 7.92. The number of methoxy groups -OCH3 is 1. The standard InChI is InChI=1S/C14H13FN2O5S/c1-8-3-4-9(7-16-8)23(20,21)17-12-6-11(15)10(14(18)19)5-13(12)22-2/h3-7,17H,1-2H3,(H,18,19). The van der Waals surface area contributed by atoms with Gasteiger partial charge >= 0.3 is 5.97 Å². The van der Waals surface area contributed by atoms with E-state index < -0.39 is 27.4 Å². The van der Waals surface area contributed by atoms with Crippen LogP contribution in [0.15, 0.2) is 35.4 Å². The van der Waals surface area contributed by atoms with Gasteiger partial charge in [-0.05, 0) is 25.1 Å². The van der Waals surface area contributed by atoms with Gasteiger partial charge in [0.05, 0.1) is 18.4 Å². The number of nitrogens with one attached hydrogen (secondary N) is 1. The summed E-state index contributed by atoms with van der Waals surface area (Å²) in [5.74, 6) is -2.69. The zero-order chi connectivity index (χ0) is 17.2. The minimum atomic E-state index is -4.02. The van der Waals surface area contributed by atoms with E-state index in [0.29, 0.717) is 5.69 Å². The zero-order valence-electron chi connectivity index (χ0n) is 12.2. The molecule has 1 heterocycles. The number of benzene rings is 1. The summed E-state index contributed by atoms with van der Waals surface area (Å²) in [6.45, 7) is 1.70. The van der Waals surface area contributed by atoms with E-state index in [0.717, 1.165) is 18.3 Å². The van der Waals surface area contributed by atoms with Crippen molar-refractivity contribution in [3.63, 3.8) is 0 Å². The molecule has 2 N–H and O–H groups in total. The predicted molar refractivity (Wildman–Crippen MR) is 79.7 cm³/mol. The average molecular weight is 340 g/mol. The molecule has 0 amide bonds. The molecule has 7 nitrogen and oxygen atoms in total. The Kier molecular flexibility index (Phi) is 4.50. The number of aromatic nitrogens is 1. The summed E-state index contributed by atoms with van der Waals surface area (Å²) in [4.78, 5) is 14.7. The number of rotatable bonds is 5.